The summed E-state index contributed by atoms with van der Waals surface area (Å²) in [4.78, 5) is 13.3. The second kappa shape index (κ2) is 6.29. The Balaban J connectivity index is 1.80. The molecule has 0 saturated carbocycles. The molecule has 22 heavy (non-hydrogen) atoms. The number of rotatable bonds is 5. The molecule has 1 amide bonds. The van der Waals surface area contributed by atoms with Crippen LogP contribution in [0.5, 0.6) is 0 Å². The van der Waals surface area contributed by atoms with Gasteiger partial charge in [-0.15, -0.1) is 11.3 Å². The van der Waals surface area contributed by atoms with Gasteiger partial charge in [0.1, 0.15) is 6.04 Å². The highest BCUT2D eigenvalue weighted by Crippen LogP contribution is 2.25. The van der Waals surface area contributed by atoms with E-state index in [0.29, 0.717) is 17.1 Å². The fourth-order valence-electron chi connectivity index (χ4n) is 2.09. The quantitative estimate of drug-likeness (QED) is 0.703. The van der Waals surface area contributed by atoms with Crippen molar-refractivity contribution in [2.75, 3.05) is 0 Å². The molecule has 0 spiro atoms. The van der Waals surface area contributed by atoms with E-state index in [9.17, 15) is 4.79 Å². The Bertz CT molecular complexity index is 802. The second-order valence-electron chi connectivity index (χ2n) is 4.73. The summed E-state index contributed by atoms with van der Waals surface area (Å²) in [6, 6.07) is 5.23. The number of hydrogen-bond donors (Lipinski definition) is 2. The highest BCUT2D eigenvalue weighted by molar-refractivity contribution is 7.71. The van der Waals surface area contributed by atoms with E-state index in [0.717, 1.165) is 10.4 Å². The molecule has 6 nitrogen and oxygen atoms in total. The standard InChI is InChI=1S/C14H14N4O2S2/c1-9(13(19)15-7-10-4-5-20-8-10)18-12(16-17-14(18)21)11-3-2-6-22-11/h2-6,8-9H,7H2,1H3,(H,15,19)(H,17,21)/t9-/m0/s1. The van der Waals surface area contributed by atoms with Gasteiger partial charge in [0.2, 0.25) is 5.91 Å². The van der Waals surface area contributed by atoms with Crippen LogP contribution < -0.4 is 5.32 Å². The molecule has 0 saturated heterocycles. The zero-order valence-electron chi connectivity index (χ0n) is 11.8. The molecular weight excluding hydrogens is 320 g/mol. The maximum absolute atomic E-state index is 12.4. The molecule has 0 aliphatic rings. The number of aromatic nitrogens is 3. The number of furan rings is 1. The SMILES string of the molecule is C[C@@H](C(=O)NCc1ccoc1)n1c(-c2cccs2)n[nH]c1=S. The molecule has 114 valence electrons. The van der Waals surface area contributed by atoms with E-state index >= 15 is 0 Å². The summed E-state index contributed by atoms with van der Waals surface area (Å²) in [6.07, 6.45) is 3.18. The molecular formula is C14H14N4O2S2. The molecule has 2 N–H and O–H groups in total. The van der Waals surface area contributed by atoms with Crippen molar-refractivity contribution in [3.63, 3.8) is 0 Å². The van der Waals surface area contributed by atoms with Crippen molar-refractivity contribution in [3.8, 4) is 10.7 Å². The summed E-state index contributed by atoms with van der Waals surface area (Å²) in [5.74, 6) is 0.544. The summed E-state index contributed by atoms with van der Waals surface area (Å²) in [5, 5.41) is 11.8. The van der Waals surface area contributed by atoms with Crippen molar-refractivity contribution in [2.24, 2.45) is 0 Å². The molecule has 3 aromatic heterocycles. The van der Waals surface area contributed by atoms with Gasteiger partial charge in [0.05, 0.1) is 17.4 Å². The Morgan fingerprint density at radius 3 is 3.14 bits per heavy atom. The average Bonchev–Trinajstić information content (AvgIpc) is 3.25. The van der Waals surface area contributed by atoms with Crippen LogP contribution in [0.15, 0.2) is 40.5 Å². The first kappa shape index (κ1) is 14.7. The van der Waals surface area contributed by atoms with Gasteiger partial charge in [0.15, 0.2) is 10.6 Å². The van der Waals surface area contributed by atoms with Crippen LogP contribution in [0, 0.1) is 4.77 Å². The van der Waals surface area contributed by atoms with Crippen LogP contribution in [0.4, 0.5) is 0 Å². The lowest BCUT2D eigenvalue weighted by molar-refractivity contribution is -0.124. The minimum absolute atomic E-state index is 0.128. The first-order chi connectivity index (χ1) is 10.7. The third-order valence-electron chi connectivity index (χ3n) is 3.26. The number of H-pyrrole nitrogens is 1. The van der Waals surface area contributed by atoms with Gasteiger partial charge in [-0.05, 0) is 36.7 Å². The van der Waals surface area contributed by atoms with E-state index < -0.39 is 6.04 Å². The van der Waals surface area contributed by atoms with Crippen LogP contribution in [0.25, 0.3) is 10.7 Å². The second-order valence-corrected chi connectivity index (χ2v) is 6.06. The molecule has 0 aliphatic carbocycles. The molecule has 3 rings (SSSR count). The van der Waals surface area contributed by atoms with Crippen molar-refractivity contribution in [3.05, 3.63) is 46.4 Å². The lowest BCUT2D eigenvalue weighted by Gasteiger charge is -2.14. The monoisotopic (exact) mass is 334 g/mol. The Morgan fingerprint density at radius 1 is 1.59 bits per heavy atom. The minimum Gasteiger partial charge on any atom is -0.472 e. The zero-order chi connectivity index (χ0) is 15.5. The average molecular weight is 334 g/mol. The Kier molecular flexibility index (Phi) is 4.21. The molecule has 0 fully saturated rings. The number of carbonyl (C=O) groups excluding carboxylic acids is 1. The van der Waals surface area contributed by atoms with E-state index in [1.54, 1.807) is 35.4 Å². The summed E-state index contributed by atoms with van der Waals surface area (Å²) >= 11 is 6.81. The van der Waals surface area contributed by atoms with Crippen molar-refractivity contribution in [1.29, 1.82) is 0 Å². The van der Waals surface area contributed by atoms with Gasteiger partial charge in [-0.3, -0.25) is 14.5 Å². The molecule has 0 bridgehead atoms. The van der Waals surface area contributed by atoms with Gasteiger partial charge in [-0.25, -0.2) is 0 Å². The van der Waals surface area contributed by atoms with Crippen LogP contribution in [0.3, 0.4) is 0 Å². The first-order valence-corrected chi connectivity index (χ1v) is 7.95. The zero-order valence-corrected chi connectivity index (χ0v) is 13.4. The number of carbonyl (C=O) groups is 1. The molecule has 0 aliphatic heterocycles. The maximum Gasteiger partial charge on any atom is 0.243 e. The van der Waals surface area contributed by atoms with Gasteiger partial charge in [0.25, 0.3) is 0 Å². The van der Waals surface area contributed by atoms with Crippen LogP contribution in [0.2, 0.25) is 0 Å². The van der Waals surface area contributed by atoms with E-state index in [-0.39, 0.29) is 5.91 Å². The van der Waals surface area contributed by atoms with Crippen LogP contribution in [-0.4, -0.2) is 20.7 Å². The number of nitrogens with one attached hydrogen (secondary N) is 2. The highest BCUT2D eigenvalue weighted by Gasteiger charge is 2.21. The van der Waals surface area contributed by atoms with Crippen molar-refractivity contribution in [1.82, 2.24) is 20.1 Å². The predicted octanol–water partition coefficient (Wildman–Crippen LogP) is 3.14. The lowest BCUT2D eigenvalue weighted by Crippen LogP contribution is -2.30. The van der Waals surface area contributed by atoms with E-state index in [1.807, 2.05) is 23.6 Å². The van der Waals surface area contributed by atoms with Gasteiger partial charge in [-0.2, -0.15) is 5.10 Å². The number of aromatic amines is 1. The number of hydrogen-bond acceptors (Lipinski definition) is 5. The molecule has 3 aromatic rings. The predicted molar refractivity (Wildman–Crippen MR) is 86.0 cm³/mol. The lowest BCUT2D eigenvalue weighted by atomic mass is 10.2. The van der Waals surface area contributed by atoms with E-state index in [2.05, 4.69) is 15.5 Å². The van der Waals surface area contributed by atoms with Crippen molar-refractivity contribution >= 4 is 29.5 Å². The summed E-state index contributed by atoms with van der Waals surface area (Å²) < 4.78 is 7.13. The topological polar surface area (TPSA) is 75.8 Å². The van der Waals surface area contributed by atoms with Gasteiger partial charge in [0, 0.05) is 12.1 Å². The summed E-state index contributed by atoms with van der Waals surface area (Å²) in [7, 11) is 0. The molecule has 0 aromatic carbocycles. The smallest absolute Gasteiger partial charge is 0.243 e. The third kappa shape index (κ3) is 2.88. The van der Waals surface area contributed by atoms with Gasteiger partial charge in [-0.1, -0.05) is 6.07 Å². The molecule has 8 heteroatoms. The summed E-state index contributed by atoms with van der Waals surface area (Å²) in [6.45, 7) is 2.21. The van der Waals surface area contributed by atoms with Gasteiger partial charge < -0.3 is 9.73 Å². The maximum atomic E-state index is 12.4. The molecule has 0 unspecified atom stereocenters. The first-order valence-electron chi connectivity index (χ1n) is 6.66. The van der Waals surface area contributed by atoms with Crippen molar-refractivity contribution < 1.29 is 9.21 Å². The molecule has 0 radical (unpaired) electrons. The number of thiophene rings is 1. The van der Waals surface area contributed by atoms with Crippen LogP contribution in [-0.2, 0) is 11.3 Å². The van der Waals surface area contributed by atoms with E-state index in [4.69, 9.17) is 16.6 Å². The summed E-state index contributed by atoms with van der Waals surface area (Å²) in [5.41, 5.74) is 0.912. The number of amides is 1. The van der Waals surface area contributed by atoms with Crippen LogP contribution in [0.1, 0.15) is 18.5 Å². The third-order valence-corrected chi connectivity index (χ3v) is 4.41. The Labute approximate surface area is 135 Å². The fraction of sp³-hybridized carbons (Fsp3) is 0.214. The van der Waals surface area contributed by atoms with Gasteiger partial charge >= 0.3 is 0 Å². The minimum atomic E-state index is -0.463. The fourth-order valence-corrected chi connectivity index (χ4v) is 3.09. The highest BCUT2D eigenvalue weighted by atomic mass is 32.1. The van der Waals surface area contributed by atoms with Crippen LogP contribution >= 0.6 is 23.6 Å². The van der Waals surface area contributed by atoms with E-state index in [1.165, 1.54) is 0 Å². The number of nitrogens with zero attached hydrogens (tertiary/aromatic N) is 2. The molecule has 3 heterocycles. The Morgan fingerprint density at radius 2 is 2.45 bits per heavy atom. The van der Waals surface area contributed by atoms with Crippen molar-refractivity contribution in [2.45, 2.75) is 19.5 Å². The molecule has 1 atom stereocenters. The largest absolute Gasteiger partial charge is 0.472 e. The normalized spacial score (nSPS) is 12.2. The Hall–Kier alpha value is -2.19.